The number of phenolic OH excluding ortho intramolecular Hbond substituents is 1. The Morgan fingerprint density at radius 3 is 1.47 bits per heavy atom. The monoisotopic (exact) mass is 382 g/mol. The first-order valence-electron chi connectivity index (χ1n) is 3.64. The van der Waals surface area contributed by atoms with Crippen LogP contribution >= 0.6 is 0 Å². The fourth-order valence-electron chi connectivity index (χ4n) is 0.974. The Labute approximate surface area is 133 Å². The average Bonchev–Trinajstić information content (AvgIpc) is 2.16. The zero-order chi connectivity index (χ0) is 12.5. The molecule has 0 saturated heterocycles. The minimum absolute atomic E-state index is 0. The van der Waals surface area contributed by atoms with E-state index in [2.05, 4.69) is 0 Å². The second-order valence-corrected chi connectivity index (χ2v) is 2.60. The van der Waals surface area contributed by atoms with E-state index in [0.29, 0.717) is 12.1 Å². The Morgan fingerprint density at radius 1 is 0.882 bits per heavy atom. The van der Waals surface area contributed by atoms with Crippen molar-refractivity contribution in [2.24, 2.45) is 0 Å². The normalized spacial score (nSPS) is 9.18. The van der Waals surface area contributed by atoms with E-state index in [4.69, 9.17) is 5.11 Å². The third kappa shape index (κ3) is 3.38. The number of nitrogens with zero attached hydrogens (tertiary/aromatic N) is 3. The van der Waals surface area contributed by atoms with Crippen LogP contribution in [0.2, 0.25) is 0 Å². The van der Waals surface area contributed by atoms with E-state index in [1.54, 1.807) is 0 Å². The van der Waals surface area contributed by atoms with Gasteiger partial charge in [-0.2, -0.15) is 0 Å². The van der Waals surface area contributed by atoms with Crippen molar-refractivity contribution >= 4 is 17.1 Å². The molecule has 0 saturated carbocycles. The molecule has 0 aromatic heterocycles. The molecule has 1 rings (SSSR count). The molecule has 0 spiro atoms. The van der Waals surface area contributed by atoms with Gasteiger partial charge in [0.2, 0.25) is 0 Å². The minimum atomic E-state index is -1.21. The van der Waals surface area contributed by atoms with Crippen LogP contribution in [-0.4, -0.2) is 19.9 Å². The summed E-state index contributed by atoms with van der Waals surface area (Å²) >= 11 is 0. The fraction of sp³-hybridized carbons (Fsp3) is 0. The maximum atomic E-state index is 10.4. The van der Waals surface area contributed by atoms with E-state index in [-0.39, 0.29) is 49.4 Å². The number of nitro benzene ring substituents is 3. The van der Waals surface area contributed by atoms with Crippen LogP contribution in [0.5, 0.6) is 5.75 Å². The summed E-state index contributed by atoms with van der Waals surface area (Å²) in [6, 6.07) is 0.894. The molecule has 0 aliphatic heterocycles. The molecule has 1 radical (unpaired) electrons. The van der Waals surface area contributed by atoms with Gasteiger partial charge in [-0.3, -0.25) is 30.3 Å². The van der Waals surface area contributed by atoms with Crippen molar-refractivity contribution in [3.63, 3.8) is 0 Å². The van der Waals surface area contributed by atoms with Crippen molar-refractivity contribution in [3.05, 3.63) is 42.5 Å². The maximum Gasteiger partial charge on any atom is 0.324 e. The third-order valence-electron chi connectivity index (χ3n) is 1.66. The van der Waals surface area contributed by atoms with Crippen LogP contribution in [0.15, 0.2) is 12.1 Å². The van der Waals surface area contributed by atoms with Gasteiger partial charge < -0.3 is 5.11 Å². The first-order chi connectivity index (χ1) is 7.34. The molecule has 0 unspecified atom stereocenters. The summed E-state index contributed by atoms with van der Waals surface area (Å²) in [6.45, 7) is 0. The number of rotatable bonds is 3. The molecule has 1 aromatic rings. The maximum absolute atomic E-state index is 10.4. The number of phenols is 1. The van der Waals surface area contributed by atoms with Gasteiger partial charge in [0.1, 0.15) is 0 Å². The number of non-ortho nitro benzene ring substituents is 1. The molecule has 1 N–H and O–H groups in total. The molecular weight excluding hydrogens is 378 g/mol. The molecule has 0 atom stereocenters. The first-order valence-corrected chi connectivity index (χ1v) is 3.64. The van der Waals surface area contributed by atoms with E-state index < -0.39 is 37.6 Å². The number of hydrogen-bond acceptors (Lipinski definition) is 7. The van der Waals surface area contributed by atoms with Crippen LogP contribution in [0.3, 0.4) is 0 Å². The quantitative estimate of drug-likeness (QED) is 0.609. The molecule has 0 aliphatic carbocycles. The fourth-order valence-corrected chi connectivity index (χ4v) is 0.974. The Morgan fingerprint density at radius 2 is 1.24 bits per heavy atom. The molecule has 11 heteroatoms. The van der Waals surface area contributed by atoms with Gasteiger partial charge in [-0.05, 0) is 0 Å². The molecule has 0 aliphatic rings. The predicted octanol–water partition coefficient (Wildman–Crippen LogP) is 1.12. The van der Waals surface area contributed by atoms with Gasteiger partial charge >= 0.3 is 11.4 Å². The molecule has 91 valence electrons. The molecule has 0 amide bonds. The Hall–Kier alpha value is -1.20. The molecular formula is C6H3EuN3O7. The van der Waals surface area contributed by atoms with Gasteiger partial charge in [-0.25, -0.2) is 0 Å². The predicted molar refractivity (Wildman–Crippen MR) is 48.1 cm³/mol. The van der Waals surface area contributed by atoms with Crippen molar-refractivity contribution in [1.29, 1.82) is 0 Å². The Balaban J connectivity index is 0.00000256. The summed E-state index contributed by atoms with van der Waals surface area (Å²) in [6.07, 6.45) is 0. The van der Waals surface area contributed by atoms with Crippen molar-refractivity contribution < 1.29 is 69.3 Å². The van der Waals surface area contributed by atoms with Crippen LogP contribution in [0, 0.1) is 79.7 Å². The second-order valence-electron chi connectivity index (χ2n) is 2.60. The van der Waals surface area contributed by atoms with Gasteiger partial charge in [0.05, 0.1) is 26.9 Å². The molecule has 1 aromatic carbocycles. The summed E-state index contributed by atoms with van der Waals surface area (Å²) in [7, 11) is 0. The average molecular weight is 381 g/mol. The van der Waals surface area contributed by atoms with E-state index in [0.717, 1.165) is 0 Å². The van der Waals surface area contributed by atoms with Crippen LogP contribution in [0.4, 0.5) is 17.1 Å². The van der Waals surface area contributed by atoms with E-state index >= 15 is 0 Å². The molecule has 0 bridgehead atoms. The largest absolute Gasteiger partial charge is 0.497 e. The number of benzene rings is 1. The molecule has 17 heavy (non-hydrogen) atoms. The molecule has 0 fully saturated rings. The summed E-state index contributed by atoms with van der Waals surface area (Å²) in [5.41, 5.74) is -3.00. The van der Waals surface area contributed by atoms with Gasteiger partial charge in [-0.1, -0.05) is 0 Å². The zero-order valence-electron chi connectivity index (χ0n) is 7.77. The van der Waals surface area contributed by atoms with Crippen LogP contribution in [0.25, 0.3) is 0 Å². The van der Waals surface area contributed by atoms with Crippen molar-refractivity contribution in [2.75, 3.05) is 0 Å². The van der Waals surface area contributed by atoms with Gasteiger partial charge in [0.15, 0.2) is 0 Å². The topological polar surface area (TPSA) is 150 Å². The van der Waals surface area contributed by atoms with Gasteiger partial charge in [0.25, 0.3) is 11.4 Å². The standard InChI is InChI=1S/C6H3N3O7.Eu/c10-6-4(8(13)14)1-3(7(11)12)2-5(6)9(15)16;/h1-2,10H;. The third-order valence-corrected chi connectivity index (χ3v) is 1.66. The van der Waals surface area contributed by atoms with Crippen molar-refractivity contribution in [3.8, 4) is 5.75 Å². The van der Waals surface area contributed by atoms with Crippen molar-refractivity contribution in [1.82, 2.24) is 0 Å². The van der Waals surface area contributed by atoms with Crippen LogP contribution < -0.4 is 0 Å². The minimum Gasteiger partial charge on any atom is -0.497 e. The van der Waals surface area contributed by atoms with Crippen LogP contribution in [0.1, 0.15) is 0 Å². The Bertz CT molecular complexity index is 467. The number of aromatic hydroxyl groups is 1. The van der Waals surface area contributed by atoms with Gasteiger partial charge in [0, 0.05) is 49.4 Å². The van der Waals surface area contributed by atoms with E-state index in [9.17, 15) is 30.3 Å². The first kappa shape index (κ1) is 15.8. The summed E-state index contributed by atoms with van der Waals surface area (Å²) in [5.74, 6) is -1.21. The zero-order valence-corrected chi connectivity index (χ0v) is 10.2. The van der Waals surface area contributed by atoms with Crippen LogP contribution in [-0.2, 0) is 0 Å². The summed E-state index contributed by atoms with van der Waals surface area (Å²) in [4.78, 5) is 27.8. The molecule has 10 nitrogen and oxygen atoms in total. The summed E-state index contributed by atoms with van der Waals surface area (Å²) in [5, 5.41) is 40.2. The number of nitro groups is 3. The SMILES string of the molecule is O=[N+]([O-])c1cc([N+](=O)[O-])c(O)c([N+](=O)[O-])c1.[Eu]. The Kier molecular flexibility index (Phi) is 5.52. The summed E-state index contributed by atoms with van der Waals surface area (Å²) < 4.78 is 0. The molecule has 0 heterocycles. The van der Waals surface area contributed by atoms with E-state index in [1.165, 1.54) is 0 Å². The number of hydrogen-bond donors (Lipinski definition) is 1. The van der Waals surface area contributed by atoms with E-state index in [1.807, 2.05) is 0 Å². The van der Waals surface area contributed by atoms with Gasteiger partial charge in [-0.15, -0.1) is 0 Å². The second kappa shape index (κ2) is 5.93. The smallest absolute Gasteiger partial charge is 0.324 e. The van der Waals surface area contributed by atoms with Crippen molar-refractivity contribution in [2.45, 2.75) is 0 Å².